The first kappa shape index (κ1) is 22.3. The van der Waals surface area contributed by atoms with E-state index in [1.807, 2.05) is 0 Å². The molecule has 1 aliphatic carbocycles. The monoisotopic (exact) mass is 363 g/mol. The number of carbonyl (C=O) groups excluding carboxylic acids is 1. The number of carbonyl (C=O) groups is 1. The molecule has 0 heterocycles. The summed E-state index contributed by atoms with van der Waals surface area (Å²) >= 11 is 0. The average molecular weight is 364 g/mol. The number of allylic oxidation sites excluding steroid dienone is 4. The largest absolute Gasteiger partial charge is 0.506 e. The van der Waals surface area contributed by atoms with E-state index in [2.05, 4.69) is 33.8 Å². The van der Waals surface area contributed by atoms with Gasteiger partial charge in [-0.05, 0) is 41.9 Å². The molecule has 0 aromatic carbocycles. The third kappa shape index (κ3) is 8.11. The Hall–Kier alpha value is -1.71. The molecule has 3 N–H and O–H groups in total. The van der Waals surface area contributed by atoms with E-state index in [-0.39, 0.29) is 17.1 Å². The van der Waals surface area contributed by atoms with Crippen LogP contribution < -0.4 is 5.73 Å². The van der Waals surface area contributed by atoms with Gasteiger partial charge >= 0.3 is 5.97 Å². The Bertz CT molecular complexity index is 550. The number of hydrogen-bond donors (Lipinski definition) is 2. The molecule has 0 bridgehead atoms. The van der Waals surface area contributed by atoms with E-state index in [0.29, 0.717) is 31.6 Å². The Kier molecular flexibility index (Phi) is 9.53. The Morgan fingerprint density at radius 2 is 1.85 bits per heavy atom. The van der Waals surface area contributed by atoms with Crippen molar-refractivity contribution in [3.05, 3.63) is 34.8 Å². The third-order valence-electron chi connectivity index (χ3n) is 4.75. The zero-order chi connectivity index (χ0) is 19.6. The quantitative estimate of drug-likeness (QED) is 0.386. The van der Waals surface area contributed by atoms with Gasteiger partial charge in [-0.3, -0.25) is 4.79 Å². The first-order valence-corrected chi connectivity index (χ1v) is 10.0. The molecule has 4 nitrogen and oxygen atoms in total. The number of esters is 1. The van der Waals surface area contributed by atoms with E-state index in [1.54, 1.807) is 6.08 Å². The molecule has 0 saturated carbocycles. The van der Waals surface area contributed by atoms with Crippen molar-refractivity contribution in [2.75, 3.05) is 6.61 Å². The predicted octanol–water partition coefficient (Wildman–Crippen LogP) is 5.70. The summed E-state index contributed by atoms with van der Waals surface area (Å²) in [5.74, 6) is 0.0123. The lowest BCUT2D eigenvalue weighted by Gasteiger charge is -2.23. The predicted molar refractivity (Wildman–Crippen MR) is 108 cm³/mol. The molecule has 0 spiro atoms. The van der Waals surface area contributed by atoms with Crippen molar-refractivity contribution in [1.82, 2.24) is 0 Å². The van der Waals surface area contributed by atoms with Gasteiger partial charge in [-0.25, -0.2) is 0 Å². The van der Waals surface area contributed by atoms with Gasteiger partial charge < -0.3 is 15.6 Å². The number of aliphatic hydroxyl groups excluding tert-OH is 1. The van der Waals surface area contributed by atoms with Crippen molar-refractivity contribution < 1.29 is 14.6 Å². The molecule has 1 rings (SSSR count). The lowest BCUT2D eigenvalue weighted by Crippen LogP contribution is -2.14. The lowest BCUT2D eigenvalue weighted by molar-refractivity contribution is -0.143. The topological polar surface area (TPSA) is 72.5 Å². The Morgan fingerprint density at radius 1 is 1.19 bits per heavy atom. The number of ether oxygens (including phenoxy) is 1. The van der Waals surface area contributed by atoms with Crippen molar-refractivity contribution in [3.63, 3.8) is 0 Å². The molecular weight excluding hydrogens is 326 g/mol. The van der Waals surface area contributed by atoms with Crippen molar-refractivity contribution in [2.45, 2.75) is 85.5 Å². The second kappa shape index (κ2) is 11.1. The number of nitrogens with two attached hydrogens (primary N) is 1. The molecule has 0 aliphatic heterocycles. The van der Waals surface area contributed by atoms with Gasteiger partial charge in [0, 0.05) is 6.42 Å². The molecule has 0 radical (unpaired) electrons. The fourth-order valence-electron chi connectivity index (χ4n) is 3.05. The van der Waals surface area contributed by atoms with E-state index >= 15 is 0 Å². The molecule has 1 aliphatic rings. The molecule has 0 unspecified atom stereocenters. The highest BCUT2D eigenvalue weighted by Crippen LogP contribution is 2.34. The average Bonchev–Trinajstić information content (AvgIpc) is 2.71. The minimum absolute atomic E-state index is 0.148. The van der Waals surface area contributed by atoms with Crippen molar-refractivity contribution in [1.29, 1.82) is 0 Å². The van der Waals surface area contributed by atoms with Crippen LogP contribution in [0.3, 0.4) is 0 Å². The summed E-state index contributed by atoms with van der Waals surface area (Å²) in [6.45, 7) is 8.90. The summed E-state index contributed by atoms with van der Waals surface area (Å²) in [7, 11) is 0. The summed E-state index contributed by atoms with van der Waals surface area (Å²) in [6, 6.07) is 0. The lowest BCUT2D eigenvalue weighted by atomic mass is 9.83. The molecule has 26 heavy (non-hydrogen) atoms. The highest BCUT2D eigenvalue weighted by atomic mass is 16.5. The highest BCUT2D eigenvalue weighted by Gasteiger charge is 2.23. The van der Waals surface area contributed by atoms with Crippen molar-refractivity contribution >= 4 is 5.97 Å². The Labute approximate surface area is 159 Å². The maximum absolute atomic E-state index is 11.9. The molecule has 4 heteroatoms. The summed E-state index contributed by atoms with van der Waals surface area (Å²) < 4.78 is 5.32. The van der Waals surface area contributed by atoms with Crippen LogP contribution in [0.4, 0.5) is 0 Å². The molecule has 0 aromatic rings. The highest BCUT2D eigenvalue weighted by molar-refractivity contribution is 5.69. The molecular formula is C22H37NO3. The van der Waals surface area contributed by atoms with Crippen LogP contribution in [-0.4, -0.2) is 17.7 Å². The number of rotatable bonds is 10. The maximum atomic E-state index is 11.9. The van der Waals surface area contributed by atoms with E-state index in [1.165, 1.54) is 25.7 Å². The zero-order valence-electron chi connectivity index (χ0n) is 17.1. The second-order valence-corrected chi connectivity index (χ2v) is 8.15. The summed E-state index contributed by atoms with van der Waals surface area (Å²) in [5, 5.41) is 10.3. The van der Waals surface area contributed by atoms with Crippen LogP contribution in [0.2, 0.25) is 0 Å². The molecule has 0 aromatic heterocycles. The molecule has 0 atom stereocenters. The van der Waals surface area contributed by atoms with Crippen LogP contribution in [0.5, 0.6) is 0 Å². The van der Waals surface area contributed by atoms with Gasteiger partial charge in [0.1, 0.15) is 5.76 Å². The summed E-state index contributed by atoms with van der Waals surface area (Å²) in [6.07, 6.45) is 12.5. The van der Waals surface area contributed by atoms with E-state index < -0.39 is 0 Å². The van der Waals surface area contributed by atoms with E-state index in [0.717, 1.165) is 24.0 Å². The van der Waals surface area contributed by atoms with Crippen LogP contribution in [0.25, 0.3) is 0 Å². The van der Waals surface area contributed by atoms with Crippen LogP contribution in [0, 0.1) is 5.41 Å². The number of unbranched alkanes of at least 4 members (excludes halogenated alkanes) is 5. The smallest absolute Gasteiger partial charge is 0.306 e. The van der Waals surface area contributed by atoms with Gasteiger partial charge in [0.2, 0.25) is 0 Å². The molecule has 0 saturated heterocycles. The van der Waals surface area contributed by atoms with Gasteiger partial charge in [0.15, 0.2) is 0 Å². The van der Waals surface area contributed by atoms with Gasteiger partial charge in [0.05, 0.1) is 12.3 Å². The van der Waals surface area contributed by atoms with Gasteiger partial charge in [0.25, 0.3) is 0 Å². The first-order chi connectivity index (χ1) is 12.3. The van der Waals surface area contributed by atoms with Crippen molar-refractivity contribution in [3.8, 4) is 0 Å². The third-order valence-corrected chi connectivity index (χ3v) is 4.75. The van der Waals surface area contributed by atoms with Gasteiger partial charge in [-0.1, -0.05) is 65.9 Å². The van der Waals surface area contributed by atoms with Crippen LogP contribution in [0.1, 0.15) is 85.5 Å². The SMILES string of the molecule is CCCCCCCCOC(=O)CCC1=CCC(C(C)(C)C)=C(O)C(N)=C1. The van der Waals surface area contributed by atoms with Crippen LogP contribution in [-0.2, 0) is 9.53 Å². The standard InChI is InChI=1S/C22H37NO3/c1-5-6-7-8-9-10-15-26-20(24)14-12-17-11-13-18(22(2,3)4)21(25)19(23)16-17/h11,16,25H,5-10,12-15,23H2,1-4H3. The minimum atomic E-state index is -0.163. The van der Waals surface area contributed by atoms with E-state index in [9.17, 15) is 9.90 Å². The minimum Gasteiger partial charge on any atom is -0.506 e. The van der Waals surface area contributed by atoms with Gasteiger partial charge in [-0.15, -0.1) is 0 Å². The van der Waals surface area contributed by atoms with Crippen LogP contribution >= 0.6 is 0 Å². The van der Waals surface area contributed by atoms with Crippen LogP contribution in [0.15, 0.2) is 34.8 Å². The molecule has 148 valence electrons. The normalized spacial score (nSPS) is 15.4. The second-order valence-electron chi connectivity index (χ2n) is 8.15. The zero-order valence-corrected chi connectivity index (χ0v) is 17.1. The fraction of sp³-hybridized carbons (Fsp3) is 0.682. The maximum Gasteiger partial charge on any atom is 0.306 e. The molecule has 0 fully saturated rings. The van der Waals surface area contributed by atoms with Crippen molar-refractivity contribution in [2.24, 2.45) is 11.1 Å². The summed E-state index contributed by atoms with van der Waals surface area (Å²) in [5.41, 5.74) is 8.13. The first-order valence-electron chi connectivity index (χ1n) is 10.0. The fourth-order valence-corrected chi connectivity index (χ4v) is 3.05. The number of aliphatic hydroxyl groups is 1. The van der Waals surface area contributed by atoms with E-state index in [4.69, 9.17) is 10.5 Å². The van der Waals surface area contributed by atoms with Gasteiger partial charge in [-0.2, -0.15) is 0 Å². The number of hydrogen-bond acceptors (Lipinski definition) is 4. The Balaban J connectivity index is 2.37. The Morgan fingerprint density at radius 3 is 2.50 bits per heavy atom. The summed E-state index contributed by atoms with van der Waals surface area (Å²) in [4.78, 5) is 11.9. The molecule has 0 amide bonds.